The van der Waals surface area contributed by atoms with Crippen molar-refractivity contribution in [2.45, 2.75) is 45.6 Å². The predicted octanol–water partition coefficient (Wildman–Crippen LogP) is 0.566. The Bertz CT molecular complexity index is 811. The number of likely N-dealkylation sites (tertiary alicyclic amines) is 2. The maximum Gasteiger partial charge on any atom is 0.228 e. The van der Waals surface area contributed by atoms with E-state index in [9.17, 15) is 14.4 Å². The van der Waals surface area contributed by atoms with E-state index in [1.807, 2.05) is 22.9 Å². The van der Waals surface area contributed by atoms with Crippen LogP contribution in [0.25, 0.3) is 0 Å². The molecule has 0 saturated carbocycles. The number of amides is 3. The van der Waals surface area contributed by atoms with E-state index in [1.165, 1.54) is 0 Å². The first-order valence-corrected chi connectivity index (χ1v) is 10.1. The third-order valence-electron chi connectivity index (χ3n) is 6.21. The SMILES string of the molecule is CCN1C[C@@H](C(=O)N2CCc3nc([C@@H]4CCN(C(C)=O)C4)ncc3C2)CC1=O. The molecule has 0 radical (unpaired) electrons. The Morgan fingerprint density at radius 3 is 2.71 bits per heavy atom. The minimum Gasteiger partial charge on any atom is -0.342 e. The molecular weight excluding hydrogens is 358 g/mol. The van der Waals surface area contributed by atoms with Gasteiger partial charge in [-0.2, -0.15) is 0 Å². The van der Waals surface area contributed by atoms with E-state index in [4.69, 9.17) is 4.98 Å². The van der Waals surface area contributed by atoms with Crippen LogP contribution in [0.5, 0.6) is 0 Å². The molecular formula is C20H27N5O3. The molecule has 2 fully saturated rings. The molecule has 2 atom stereocenters. The highest BCUT2D eigenvalue weighted by molar-refractivity contribution is 5.89. The smallest absolute Gasteiger partial charge is 0.228 e. The molecule has 3 amide bonds. The quantitative estimate of drug-likeness (QED) is 0.759. The summed E-state index contributed by atoms with van der Waals surface area (Å²) in [6.45, 7) is 7.31. The summed E-state index contributed by atoms with van der Waals surface area (Å²) < 4.78 is 0. The van der Waals surface area contributed by atoms with Crippen LogP contribution in [0.1, 0.15) is 49.7 Å². The number of carbonyl (C=O) groups is 3. The van der Waals surface area contributed by atoms with Crippen LogP contribution < -0.4 is 0 Å². The summed E-state index contributed by atoms with van der Waals surface area (Å²) in [6, 6.07) is 0. The Kier molecular flexibility index (Phi) is 5.03. The number of hydrogen-bond donors (Lipinski definition) is 0. The number of rotatable bonds is 3. The van der Waals surface area contributed by atoms with Crippen LogP contribution in [0.3, 0.4) is 0 Å². The number of aromatic nitrogens is 2. The van der Waals surface area contributed by atoms with Gasteiger partial charge in [-0.15, -0.1) is 0 Å². The monoisotopic (exact) mass is 385 g/mol. The van der Waals surface area contributed by atoms with Crippen molar-refractivity contribution in [3.63, 3.8) is 0 Å². The summed E-state index contributed by atoms with van der Waals surface area (Å²) >= 11 is 0. The van der Waals surface area contributed by atoms with Gasteiger partial charge in [-0.3, -0.25) is 14.4 Å². The molecule has 8 nitrogen and oxygen atoms in total. The highest BCUT2D eigenvalue weighted by Crippen LogP contribution is 2.28. The van der Waals surface area contributed by atoms with Crippen LogP contribution in [0.15, 0.2) is 6.20 Å². The molecule has 1 aromatic rings. The molecule has 8 heteroatoms. The lowest BCUT2D eigenvalue weighted by Crippen LogP contribution is -2.41. The zero-order valence-electron chi connectivity index (χ0n) is 16.6. The lowest BCUT2D eigenvalue weighted by Gasteiger charge is -2.30. The minimum absolute atomic E-state index is 0.0620. The Hall–Kier alpha value is -2.51. The second kappa shape index (κ2) is 7.48. The van der Waals surface area contributed by atoms with E-state index in [0.717, 1.165) is 30.0 Å². The molecule has 1 aromatic heterocycles. The van der Waals surface area contributed by atoms with E-state index in [2.05, 4.69) is 4.98 Å². The maximum atomic E-state index is 12.9. The minimum atomic E-state index is -0.231. The molecule has 0 N–H and O–H groups in total. The summed E-state index contributed by atoms with van der Waals surface area (Å²) in [6.07, 6.45) is 3.76. The summed E-state index contributed by atoms with van der Waals surface area (Å²) in [5, 5.41) is 0. The molecule has 2 saturated heterocycles. The topological polar surface area (TPSA) is 86.7 Å². The van der Waals surface area contributed by atoms with Crippen LogP contribution in [0.2, 0.25) is 0 Å². The Labute approximate surface area is 164 Å². The van der Waals surface area contributed by atoms with Gasteiger partial charge in [0.1, 0.15) is 5.82 Å². The number of nitrogens with zero attached hydrogens (tertiary/aromatic N) is 5. The average Bonchev–Trinajstić information content (AvgIpc) is 3.33. The summed E-state index contributed by atoms with van der Waals surface area (Å²) in [5.74, 6) is 1.00. The fourth-order valence-corrected chi connectivity index (χ4v) is 4.47. The third-order valence-corrected chi connectivity index (χ3v) is 6.21. The predicted molar refractivity (Wildman–Crippen MR) is 101 cm³/mol. The number of hydrogen-bond acceptors (Lipinski definition) is 5. The largest absolute Gasteiger partial charge is 0.342 e. The van der Waals surface area contributed by atoms with Crippen LogP contribution in [-0.4, -0.2) is 75.1 Å². The van der Waals surface area contributed by atoms with Crippen LogP contribution in [0.4, 0.5) is 0 Å². The third kappa shape index (κ3) is 3.47. The van der Waals surface area contributed by atoms with Gasteiger partial charge in [0.15, 0.2) is 0 Å². The molecule has 28 heavy (non-hydrogen) atoms. The van der Waals surface area contributed by atoms with Gasteiger partial charge in [-0.1, -0.05) is 0 Å². The zero-order valence-corrected chi connectivity index (χ0v) is 16.6. The van der Waals surface area contributed by atoms with Crippen LogP contribution >= 0.6 is 0 Å². The van der Waals surface area contributed by atoms with Gasteiger partial charge in [-0.05, 0) is 13.3 Å². The molecule has 150 valence electrons. The molecule has 0 aliphatic carbocycles. The van der Waals surface area contributed by atoms with E-state index in [1.54, 1.807) is 11.8 Å². The lowest BCUT2D eigenvalue weighted by atomic mass is 10.0. The van der Waals surface area contributed by atoms with Gasteiger partial charge in [0, 0.05) is 76.7 Å². The van der Waals surface area contributed by atoms with Gasteiger partial charge in [0.05, 0.1) is 11.6 Å². The fraction of sp³-hybridized carbons (Fsp3) is 0.650. The van der Waals surface area contributed by atoms with Crippen molar-refractivity contribution in [3.05, 3.63) is 23.3 Å². The van der Waals surface area contributed by atoms with Gasteiger partial charge in [0.2, 0.25) is 17.7 Å². The van der Waals surface area contributed by atoms with Crippen molar-refractivity contribution in [3.8, 4) is 0 Å². The molecule has 0 aromatic carbocycles. The lowest BCUT2D eigenvalue weighted by molar-refractivity contribution is -0.136. The first-order chi connectivity index (χ1) is 13.5. The van der Waals surface area contributed by atoms with Crippen molar-refractivity contribution in [2.24, 2.45) is 5.92 Å². The van der Waals surface area contributed by atoms with Crippen molar-refractivity contribution in [2.75, 3.05) is 32.7 Å². The Morgan fingerprint density at radius 2 is 2.04 bits per heavy atom. The van der Waals surface area contributed by atoms with Crippen molar-refractivity contribution < 1.29 is 14.4 Å². The van der Waals surface area contributed by atoms with Gasteiger partial charge < -0.3 is 14.7 Å². The fourth-order valence-electron chi connectivity index (χ4n) is 4.47. The number of carbonyl (C=O) groups excluding carboxylic acids is 3. The van der Waals surface area contributed by atoms with Crippen LogP contribution in [-0.2, 0) is 27.3 Å². The Balaban J connectivity index is 1.42. The first-order valence-electron chi connectivity index (χ1n) is 10.1. The molecule has 3 aliphatic heterocycles. The summed E-state index contributed by atoms with van der Waals surface area (Å²) in [7, 11) is 0. The average molecular weight is 385 g/mol. The normalized spacial score (nSPS) is 24.6. The maximum absolute atomic E-state index is 12.9. The molecule has 0 unspecified atom stereocenters. The zero-order chi connectivity index (χ0) is 19.8. The highest BCUT2D eigenvalue weighted by atomic mass is 16.2. The summed E-state index contributed by atoms with van der Waals surface area (Å²) in [4.78, 5) is 51.1. The van der Waals surface area contributed by atoms with Gasteiger partial charge >= 0.3 is 0 Å². The molecule has 0 bridgehead atoms. The molecule has 3 aliphatic rings. The van der Waals surface area contributed by atoms with E-state index in [-0.39, 0.29) is 29.6 Å². The second-order valence-electron chi connectivity index (χ2n) is 7.99. The van der Waals surface area contributed by atoms with Crippen LogP contribution in [0, 0.1) is 5.92 Å². The van der Waals surface area contributed by atoms with E-state index >= 15 is 0 Å². The number of fused-ring (bicyclic) bond motifs is 1. The molecule has 4 heterocycles. The van der Waals surface area contributed by atoms with E-state index in [0.29, 0.717) is 45.6 Å². The van der Waals surface area contributed by atoms with Gasteiger partial charge in [0.25, 0.3) is 0 Å². The highest BCUT2D eigenvalue weighted by Gasteiger charge is 2.37. The second-order valence-corrected chi connectivity index (χ2v) is 7.99. The molecule has 0 spiro atoms. The van der Waals surface area contributed by atoms with Crippen molar-refractivity contribution in [1.82, 2.24) is 24.7 Å². The molecule has 4 rings (SSSR count). The first kappa shape index (κ1) is 18.8. The van der Waals surface area contributed by atoms with Crippen molar-refractivity contribution in [1.29, 1.82) is 0 Å². The Morgan fingerprint density at radius 1 is 1.21 bits per heavy atom. The summed E-state index contributed by atoms with van der Waals surface area (Å²) in [5.41, 5.74) is 1.99. The van der Waals surface area contributed by atoms with Gasteiger partial charge in [-0.25, -0.2) is 9.97 Å². The van der Waals surface area contributed by atoms with Crippen molar-refractivity contribution >= 4 is 17.7 Å². The standard InChI is InChI=1S/C20H27N5O3/c1-3-23-11-15(8-18(23)27)20(28)25-7-5-17-16(12-25)9-21-19(22-17)14-4-6-24(10-14)13(2)26/h9,14-15H,3-8,10-12H2,1-2H3/t14-,15+/m1/s1. The van der Waals surface area contributed by atoms with E-state index < -0.39 is 0 Å².